The Labute approximate surface area is 190 Å². The number of carbonyl (C=O) groups excluding carboxylic acids is 1. The predicted molar refractivity (Wildman–Crippen MR) is 128 cm³/mol. The zero-order chi connectivity index (χ0) is 22.1. The summed E-state index contributed by atoms with van der Waals surface area (Å²) in [4.78, 5) is 11.7. The van der Waals surface area contributed by atoms with Gasteiger partial charge < -0.3 is 19.7 Å². The molecule has 0 bridgehead atoms. The molecule has 0 fully saturated rings. The molecule has 3 rings (SSSR count). The Hall–Kier alpha value is -3.21. The van der Waals surface area contributed by atoms with Gasteiger partial charge in [0.05, 0.1) is 19.6 Å². The number of benzene rings is 3. The van der Waals surface area contributed by atoms with Crippen LogP contribution in [0, 0.1) is 0 Å². The van der Waals surface area contributed by atoms with Gasteiger partial charge in [-0.3, -0.25) is 4.79 Å². The van der Waals surface area contributed by atoms with Crippen LogP contribution in [0.2, 0.25) is 0 Å². The number of fused-ring (bicyclic) bond motifs is 1. The minimum absolute atomic E-state index is 0. The molecule has 0 saturated carbocycles. The molecule has 2 N–H and O–H groups in total. The van der Waals surface area contributed by atoms with Crippen molar-refractivity contribution in [3.05, 3.63) is 65.7 Å². The van der Waals surface area contributed by atoms with Crippen molar-refractivity contribution in [3.8, 4) is 17.2 Å². The summed E-state index contributed by atoms with van der Waals surface area (Å²) in [6.45, 7) is 2.86. The van der Waals surface area contributed by atoms with Gasteiger partial charge in [0, 0.05) is 0 Å². The van der Waals surface area contributed by atoms with Crippen LogP contribution in [0.4, 0.5) is 0 Å². The summed E-state index contributed by atoms with van der Waals surface area (Å²) in [5.41, 5.74) is 1.73. The number of hydrogen-bond acceptors (Lipinski definition) is 5. The molecule has 0 amide bonds. The maximum absolute atomic E-state index is 11.7. The monoisotopic (exact) mass is 438 g/mol. The maximum atomic E-state index is 11.7. The first-order valence-electron chi connectivity index (χ1n) is 10.9. The van der Waals surface area contributed by atoms with Crippen molar-refractivity contribution in [1.82, 2.24) is 0 Å². The third kappa shape index (κ3) is 7.19. The van der Waals surface area contributed by atoms with Gasteiger partial charge in [-0.25, -0.2) is 0 Å². The van der Waals surface area contributed by atoms with Crippen molar-refractivity contribution in [2.24, 2.45) is 0 Å². The molecule has 5 heteroatoms. The van der Waals surface area contributed by atoms with Crippen LogP contribution >= 0.6 is 0 Å². The van der Waals surface area contributed by atoms with Crippen LogP contribution in [0.1, 0.15) is 51.2 Å². The second-order valence-corrected chi connectivity index (χ2v) is 7.62. The number of hydrogen-bond donors (Lipinski definition) is 2. The van der Waals surface area contributed by atoms with E-state index in [1.54, 1.807) is 6.07 Å². The standard InChI is InChI=1S/C26H30O5.CH4/c1-2-30-25(28)17-19-11-12-22-18-23(14-13-21(22)16-19)31-15-6-4-3-5-8-20-9-7-10-24(27)26(20)29;/h7,9-14,16,18,27,29H,2-6,8,15,17H2,1H3;1H4. The molecule has 0 heterocycles. The first kappa shape index (κ1) is 25.1. The van der Waals surface area contributed by atoms with Crippen LogP contribution in [-0.2, 0) is 22.4 Å². The molecule has 0 aliphatic carbocycles. The Balaban J connectivity index is 0.00000363. The van der Waals surface area contributed by atoms with Gasteiger partial charge in [-0.15, -0.1) is 0 Å². The Bertz CT molecular complexity index is 1010. The molecule has 0 atom stereocenters. The Morgan fingerprint density at radius 2 is 1.66 bits per heavy atom. The number of unbranched alkanes of at least 4 members (excludes halogenated alkanes) is 3. The number of carbonyl (C=O) groups is 1. The maximum Gasteiger partial charge on any atom is 0.310 e. The minimum atomic E-state index is -0.208. The lowest BCUT2D eigenvalue weighted by atomic mass is 10.0. The molecule has 3 aromatic carbocycles. The zero-order valence-corrected chi connectivity index (χ0v) is 18.0. The fraction of sp³-hybridized carbons (Fsp3) is 0.370. The third-order valence-electron chi connectivity index (χ3n) is 5.24. The summed E-state index contributed by atoms with van der Waals surface area (Å²) >= 11 is 0. The average molecular weight is 439 g/mol. The summed E-state index contributed by atoms with van der Waals surface area (Å²) in [5.74, 6) is 0.572. The molecule has 0 spiro atoms. The minimum Gasteiger partial charge on any atom is -0.504 e. The van der Waals surface area contributed by atoms with Crippen LogP contribution in [0.3, 0.4) is 0 Å². The summed E-state index contributed by atoms with van der Waals surface area (Å²) in [5, 5.41) is 21.5. The summed E-state index contributed by atoms with van der Waals surface area (Å²) in [7, 11) is 0. The van der Waals surface area contributed by atoms with Crippen LogP contribution in [-0.4, -0.2) is 29.4 Å². The molecular formula is C27H34O5. The van der Waals surface area contributed by atoms with Crippen molar-refractivity contribution in [1.29, 1.82) is 0 Å². The highest BCUT2D eigenvalue weighted by molar-refractivity contribution is 5.85. The van der Waals surface area contributed by atoms with Crippen LogP contribution in [0.25, 0.3) is 10.8 Å². The smallest absolute Gasteiger partial charge is 0.310 e. The third-order valence-corrected chi connectivity index (χ3v) is 5.24. The highest BCUT2D eigenvalue weighted by Crippen LogP contribution is 2.29. The van der Waals surface area contributed by atoms with Gasteiger partial charge in [0.1, 0.15) is 5.75 Å². The van der Waals surface area contributed by atoms with E-state index in [2.05, 4.69) is 0 Å². The average Bonchev–Trinajstić information content (AvgIpc) is 2.76. The van der Waals surface area contributed by atoms with E-state index in [1.165, 1.54) is 6.07 Å². The molecule has 32 heavy (non-hydrogen) atoms. The van der Waals surface area contributed by atoms with Gasteiger partial charge in [-0.05, 0) is 66.3 Å². The quantitative estimate of drug-likeness (QED) is 0.213. The first-order chi connectivity index (χ1) is 15.1. The van der Waals surface area contributed by atoms with E-state index in [9.17, 15) is 15.0 Å². The fourth-order valence-corrected chi connectivity index (χ4v) is 3.59. The number of phenolic OH excluding ortho intramolecular Hbond substituents is 2. The molecule has 0 unspecified atom stereocenters. The number of ether oxygens (including phenoxy) is 2. The Morgan fingerprint density at radius 1 is 0.906 bits per heavy atom. The normalized spacial score (nSPS) is 10.5. The van der Waals surface area contributed by atoms with E-state index in [1.807, 2.05) is 49.4 Å². The Kier molecular flexibility index (Phi) is 9.86. The van der Waals surface area contributed by atoms with Crippen LogP contribution in [0.5, 0.6) is 17.2 Å². The Morgan fingerprint density at radius 3 is 2.47 bits per heavy atom. The lowest BCUT2D eigenvalue weighted by molar-refractivity contribution is -0.142. The molecule has 0 aliphatic heterocycles. The van der Waals surface area contributed by atoms with E-state index in [0.29, 0.717) is 13.2 Å². The molecule has 0 aromatic heterocycles. The van der Waals surface area contributed by atoms with Crippen molar-refractivity contribution in [2.45, 2.75) is 52.9 Å². The lowest BCUT2D eigenvalue weighted by Gasteiger charge is -2.09. The lowest BCUT2D eigenvalue weighted by Crippen LogP contribution is -2.07. The molecule has 0 saturated heterocycles. The SMILES string of the molecule is C.CCOC(=O)Cc1ccc2cc(OCCCCCCc3cccc(O)c3O)ccc2c1. The molecule has 0 radical (unpaired) electrons. The van der Waals surface area contributed by atoms with Crippen LogP contribution in [0.15, 0.2) is 54.6 Å². The van der Waals surface area contributed by atoms with Crippen molar-refractivity contribution >= 4 is 16.7 Å². The van der Waals surface area contributed by atoms with E-state index in [-0.39, 0.29) is 31.3 Å². The number of para-hydroxylation sites is 1. The molecule has 5 nitrogen and oxygen atoms in total. The predicted octanol–water partition coefficient (Wildman–Crippen LogP) is 6.17. The topological polar surface area (TPSA) is 76.0 Å². The summed E-state index contributed by atoms with van der Waals surface area (Å²) in [6, 6.07) is 17.1. The highest BCUT2D eigenvalue weighted by atomic mass is 16.5. The second kappa shape index (κ2) is 12.6. The van der Waals surface area contributed by atoms with Crippen molar-refractivity contribution in [2.75, 3.05) is 13.2 Å². The zero-order valence-electron chi connectivity index (χ0n) is 18.0. The largest absolute Gasteiger partial charge is 0.504 e. The van der Waals surface area contributed by atoms with Gasteiger partial charge >= 0.3 is 5.97 Å². The molecule has 0 aliphatic rings. The van der Waals surface area contributed by atoms with E-state index < -0.39 is 0 Å². The van der Waals surface area contributed by atoms with Gasteiger partial charge in [0.15, 0.2) is 11.5 Å². The molecule has 3 aromatic rings. The van der Waals surface area contributed by atoms with Gasteiger partial charge in [-0.1, -0.05) is 56.7 Å². The number of phenols is 2. The number of aryl methyl sites for hydroxylation is 1. The van der Waals surface area contributed by atoms with E-state index >= 15 is 0 Å². The summed E-state index contributed by atoms with van der Waals surface area (Å²) < 4.78 is 10.9. The van der Waals surface area contributed by atoms with Gasteiger partial charge in [0.25, 0.3) is 0 Å². The highest BCUT2D eigenvalue weighted by Gasteiger charge is 2.06. The van der Waals surface area contributed by atoms with E-state index in [4.69, 9.17) is 9.47 Å². The van der Waals surface area contributed by atoms with Gasteiger partial charge in [-0.2, -0.15) is 0 Å². The van der Waals surface area contributed by atoms with E-state index in [0.717, 1.165) is 59.8 Å². The first-order valence-corrected chi connectivity index (χ1v) is 10.9. The second-order valence-electron chi connectivity index (χ2n) is 7.62. The molecule has 172 valence electrons. The summed E-state index contributed by atoms with van der Waals surface area (Å²) in [6.07, 6.45) is 5.05. The van der Waals surface area contributed by atoms with Crippen LogP contribution < -0.4 is 4.74 Å². The number of rotatable bonds is 11. The van der Waals surface area contributed by atoms with Gasteiger partial charge in [0.2, 0.25) is 0 Å². The number of esters is 1. The molecular weight excluding hydrogens is 404 g/mol. The number of aromatic hydroxyl groups is 2. The van der Waals surface area contributed by atoms with Crippen molar-refractivity contribution < 1.29 is 24.5 Å². The van der Waals surface area contributed by atoms with Crippen molar-refractivity contribution in [3.63, 3.8) is 0 Å². The fourth-order valence-electron chi connectivity index (χ4n) is 3.59.